The quantitative estimate of drug-likeness (QED) is 0.257. The van der Waals surface area contributed by atoms with Crippen LogP contribution in [-0.4, -0.2) is 20.0 Å². The monoisotopic (exact) mass is 386 g/mol. The highest BCUT2D eigenvalue weighted by Crippen LogP contribution is 2.50. The Hall–Kier alpha value is -1.12. The Kier molecular flexibility index (Phi) is 8.77. The molecular formula is C26H42O2. The van der Waals surface area contributed by atoms with Gasteiger partial charge in [0.25, 0.3) is 0 Å². The van der Waals surface area contributed by atoms with Crippen LogP contribution in [0.4, 0.5) is 0 Å². The predicted octanol–water partition coefficient (Wildman–Crippen LogP) is 7.39. The third-order valence-electron chi connectivity index (χ3n) is 6.94. The Morgan fingerprint density at radius 1 is 0.750 bits per heavy atom. The Balaban J connectivity index is 2.29. The molecule has 0 saturated carbocycles. The maximum atomic E-state index is 6.32. The van der Waals surface area contributed by atoms with E-state index in [-0.39, 0.29) is 5.92 Å². The van der Waals surface area contributed by atoms with Gasteiger partial charge in [-0.25, -0.2) is 0 Å². The van der Waals surface area contributed by atoms with Crippen LogP contribution in [0.15, 0.2) is 46.6 Å². The molecule has 0 aliphatic heterocycles. The first-order valence-corrected chi connectivity index (χ1v) is 11.2. The highest BCUT2D eigenvalue weighted by atomic mass is 16.7. The van der Waals surface area contributed by atoms with Gasteiger partial charge in [-0.15, -0.1) is 0 Å². The van der Waals surface area contributed by atoms with Crippen LogP contribution >= 0.6 is 0 Å². The summed E-state index contributed by atoms with van der Waals surface area (Å²) < 4.78 is 12.6. The van der Waals surface area contributed by atoms with E-state index in [0.717, 1.165) is 6.42 Å². The lowest BCUT2D eigenvalue weighted by Gasteiger charge is -2.47. The molecule has 0 aromatic rings. The van der Waals surface area contributed by atoms with Crippen LogP contribution in [0.25, 0.3) is 0 Å². The van der Waals surface area contributed by atoms with Gasteiger partial charge in [0.1, 0.15) is 0 Å². The van der Waals surface area contributed by atoms with Crippen molar-refractivity contribution in [3.05, 3.63) is 46.6 Å². The van der Waals surface area contributed by atoms with Gasteiger partial charge in [0.05, 0.1) is 5.92 Å². The van der Waals surface area contributed by atoms with Crippen LogP contribution in [0.2, 0.25) is 0 Å². The molecule has 0 N–H and O–H groups in total. The highest BCUT2D eigenvalue weighted by Gasteiger charge is 2.52. The third-order valence-corrected chi connectivity index (χ3v) is 6.94. The molecule has 0 bridgehead atoms. The molecule has 0 amide bonds. The van der Waals surface area contributed by atoms with E-state index in [1.165, 1.54) is 60.8 Å². The second-order valence-corrected chi connectivity index (χ2v) is 8.85. The van der Waals surface area contributed by atoms with Crippen molar-refractivity contribution in [3.63, 3.8) is 0 Å². The van der Waals surface area contributed by atoms with Crippen molar-refractivity contribution < 1.29 is 9.47 Å². The fraction of sp³-hybridized carbons (Fsp3) is 0.692. The molecule has 158 valence electrons. The van der Waals surface area contributed by atoms with Gasteiger partial charge in [0.15, 0.2) is 5.79 Å². The van der Waals surface area contributed by atoms with Gasteiger partial charge in [-0.3, -0.25) is 0 Å². The molecular weight excluding hydrogens is 344 g/mol. The Bertz CT molecular complexity index is 595. The van der Waals surface area contributed by atoms with Gasteiger partial charge in [-0.1, -0.05) is 92.0 Å². The number of unbranched alkanes of at least 4 members (excludes halogenated alkanes) is 5. The molecule has 0 aromatic heterocycles. The minimum atomic E-state index is -0.625. The summed E-state index contributed by atoms with van der Waals surface area (Å²) in [5.41, 5.74) is 5.56. The van der Waals surface area contributed by atoms with Crippen molar-refractivity contribution in [2.75, 3.05) is 14.2 Å². The van der Waals surface area contributed by atoms with Crippen molar-refractivity contribution in [3.8, 4) is 0 Å². The molecule has 2 heteroatoms. The van der Waals surface area contributed by atoms with Crippen LogP contribution in [0.1, 0.15) is 79.6 Å². The summed E-state index contributed by atoms with van der Waals surface area (Å²) >= 11 is 0. The van der Waals surface area contributed by atoms with Crippen molar-refractivity contribution in [1.82, 2.24) is 0 Å². The number of methoxy groups -OCH3 is 2. The normalized spacial score (nSPS) is 19.5. The van der Waals surface area contributed by atoms with Gasteiger partial charge in [-0.05, 0) is 34.1 Å². The van der Waals surface area contributed by atoms with E-state index in [9.17, 15) is 0 Å². The summed E-state index contributed by atoms with van der Waals surface area (Å²) in [7, 11) is 3.67. The SMILES string of the molecule is CCCCCCCCC(C1C(C)=CC=C1C)C(OC)(OC)C1C(C)=CC=C1C. The summed E-state index contributed by atoms with van der Waals surface area (Å²) in [6, 6.07) is 0. The molecule has 1 atom stereocenters. The van der Waals surface area contributed by atoms with Crippen LogP contribution < -0.4 is 0 Å². The number of ether oxygens (including phenoxy) is 2. The molecule has 0 spiro atoms. The van der Waals surface area contributed by atoms with Crippen molar-refractivity contribution in [2.45, 2.75) is 85.4 Å². The highest BCUT2D eigenvalue weighted by molar-refractivity contribution is 5.38. The first kappa shape index (κ1) is 23.2. The van der Waals surface area contributed by atoms with E-state index < -0.39 is 5.79 Å². The average Bonchev–Trinajstić information content (AvgIpc) is 3.20. The summed E-state index contributed by atoms with van der Waals surface area (Å²) in [6.07, 6.45) is 18.0. The van der Waals surface area contributed by atoms with Gasteiger partial charge in [0.2, 0.25) is 0 Å². The van der Waals surface area contributed by atoms with Gasteiger partial charge >= 0.3 is 0 Å². The molecule has 0 fully saturated rings. The minimum absolute atomic E-state index is 0.189. The lowest BCUT2D eigenvalue weighted by Crippen LogP contribution is -2.52. The van der Waals surface area contributed by atoms with E-state index in [4.69, 9.17) is 9.47 Å². The maximum Gasteiger partial charge on any atom is 0.181 e. The molecule has 0 radical (unpaired) electrons. The average molecular weight is 387 g/mol. The molecule has 2 rings (SSSR count). The molecule has 0 heterocycles. The fourth-order valence-electron chi connectivity index (χ4n) is 5.49. The Labute approximate surface area is 173 Å². The van der Waals surface area contributed by atoms with Crippen LogP contribution in [0.5, 0.6) is 0 Å². The molecule has 1 unspecified atom stereocenters. The third kappa shape index (κ3) is 4.71. The van der Waals surface area contributed by atoms with Gasteiger partial charge in [-0.2, -0.15) is 0 Å². The number of rotatable bonds is 12. The number of hydrogen-bond acceptors (Lipinski definition) is 2. The molecule has 2 aliphatic carbocycles. The van der Waals surface area contributed by atoms with Crippen LogP contribution in [0.3, 0.4) is 0 Å². The van der Waals surface area contributed by atoms with E-state index in [2.05, 4.69) is 58.9 Å². The fourth-order valence-corrected chi connectivity index (χ4v) is 5.49. The van der Waals surface area contributed by atoms with Crippen molar-refractivity contribution in [2.24, 2.45) is 17.8 Å². The largest absolute Gasteiger partial charge is 0.352 e. The van der Waals surface area contributed by atoms with E-state index in [1.54, 1.807) is 0 Å². The zero-order valence-electron chi connectivity index (χ0n) is 19.3. The summed E-state index contributed by atoms with van der Waals surface area (Å²) in [6.45, 7) is 11.2. The molecule has 0 aromatic carbocycles. The summed E-state index contributed by atoms with van der Waals surface area (Å²) in [5.74, 6) is 0.268. The standard InChI is InChI=1S/C26H42O2/c1-8-9-10-11-12-13-14-23(24-19(2)15-16-20(24)3)26(27-6,28-7)25-21(4)17-18-22(25)5/h15-18,23-25H,8-14H2,1-7H3. The molecule has 0 saturated heterocycles. The van der Waals surface area contributed by atoms with E-state index >= 15 is 0 Å². The lowest BCUT2D eigenvalue weighted by atomic mass is 9.69. The first-order valence-electron chi connectivity index (χ1n) is 11.2. The molecule has 28 heavy (non-hydrogen) atoms. The minimum Gasteiger partial charge on any atom is -0.352 e. The topological polar surface area (TPSA) is 18.5 Å². The smallest absolute Gasteiger partial charge is 0.181 e. The van der Waals surface area contributed by atoms with Crippen LogP contribution in [-0.2, 0) is 9.47 Å². The number of hydrogen-bond donors (Lipinski definition) is 0. The summed E-state index contributed by atoms with van der Waals surface area (Å²) in [4.78, 5) is 0. The van der Waals surface area contributed by atoms with Crippen molar-refractivity contribution in [1.29, 1.82) is 0 Å². The lowest BCUT2D eigenvalue weighted by molar-refractivity contribution is -0.264. The second-order valence-electron chi connectivity index (χ2n) is 8.85. The first-order chi connectivity index (χ1) is 13.4. The zero-order chi connectivity index (χ0) is 20.7. The predicted molar refractivity (Wildman–Crippen MR) is 120 cm³/mol. The zero-order valence-corrected chi connectivity index (χ0v) is 19.3. The summed E-state index contributed by atoms with van der Waals surface area (Å²) in [5, 5.41) is 0. The Morgan fingerprint density at radius 2 is 1.21 bits per heavy atom. The van der Waals surface area contributed by atoms with Crippen LogP contribution in [0, 0.1) is 17.8 Å². The molecule has 2 aliphatic rings. The van der Waals surface area contributed by atoms with Gasteiger partial charge < -0.3 is 9.47 Å². The number of allylic oxidation sites excluding steroid dienone is 6. The Morgan fingerprint density at radius 3 is 1.71 bits per heavy atom. The van der Waals surface area contributed by atoms with E-state index in [1.807, 2.05) is 14.2 Å². The van der Waals surface area contributed by atoms with E-state index in [0.29, 0.717) is 11.8 Å². The molecule has 2 nitrogen and oxygen atoms in total. The van der Waals surface area contributed by atoms with Gasteiger partial charge in [0, 0.05) is 26.1 Å². The second kappa shape index (κ2) is 10.6. The maximum absolute atomic E-state index is 6.32. The van der Waals surface area contributed by atoms with Crippen molar-refractivity contribution >= 4 is 0 Å².